The molecule has 1 rings (SSSR count). The van der Waals surface area contributed by atoms with Gasteiger partial charge in [-0.2, -0.15) is 0 Å². The van der Waals surface area contributed by atoms with Crippen molar-refractivity contribution in [2.75, 3.05) is 6.61 Å². The summed E-state index contributed by atoms with van der Waals surface area (Å²) in [5, 5.41) is 2.39. The summed E-state index contributed by atoms with van der Waals surface area (Å²) in [4.78, 5) is 3.99. The molecule has 1 saturated heterocycles. The van der Waals surface area contributed by atoms with Gasteiger partial charge in [0.15, 0.2) is 0 Å². The molecule has 0 radical (unpaired) electrons. The maximum Gasteiger partial charge on any atom is 0.0836 e. The fraction of sp³-hybridized carbons (Fsp3) is 0.875. The van der Waals surface area contributed by atoms with Gasteiger partial charge in [0.2, 0.25) is 0 Å². The Hall–Kier alpha value is -0.240. The molecule has 1 heterocycles. The third kappa shape index (κ3) is 2.70. The summed E-state index contributed by atoms with van der Waals surface area (Å²) in [5.74, 6) is 0. The fourth-order valence-electron chi connectivity index (χ4n) is 1.31. The van der Waals surface area contributed by atoms with Crippen molar-refractivity contribution in [2.45, 2.75) is 38.3 Å². The maximum atomic E-state index is 5.51. The third-order valence-electron chi connectivity index (χ3n) is 2.01. The van der Waals surface area contributed by atoms with Crippen molar-refractivity contribution in [2.24, 2.45) is 4.99 Å². The van der Waals surface area contributed by atoms with E-state index in [-0.39, 0.29) is 12.1 Å². The van der Waals surface area contributed by atoms with Gasteiger partial charge in [0.25, 0.3) is 0 Å². The number of aliphatic imine (C=N–C) groups is 1. The van der Waals surface area contributed by atoms with Gasteiger partial charge in [-0.25, -0.2) is 4.99 Å². The molecule has 0 aromatic carbocycles. The molecule has 1 aliphatic heterocycles. The van der Waals surface area contributed by atoms with Crippen molar-refractivity contribution in [1.82, 2.24) is 0 Å². The van der Waals surface area contributed by atoms with Crippen LogP contribution in [0.25, 0.3) is 0 Å². The quantitative estimate of drug-likeness (QED) is 0.468. The zero-order valence-corrected chi connectivity index (χ0v) is 7.56. The van der Waals surface area contributed by atoms with E-state index in [9.17, 15) is 0 Å². The monoisotopic (exact) mass is 171 g/mol. The molecule has 2 nitrogen and oxygen atoms in total. The van der Waals surface area contributed by atoms with E-state index >= 15 is 0 Å². The van der Waals surface area contributed by atoms with Crippen LogP contribution in [0, 0.1) is 0 Å². The van der Waals surface area contributed by atoms with Crippen molar-refractivity contribution in [1.29, 1.82) is 0 Å². The molecule has 0 amide bonds. The number of ether oxygens (including phenoxy) is 1. The van der Waals surface area contributed by atoms with Gasteiger partial charge < -0.3 is 4.74 Å². The van der Waals surface area contributed by atoms with Gasteiger partial charge in [-0.3, -0.25) is 0 Å². The van der Waals surface area contributed by atoms with E-state index < -0.39 is 0 Å². The topological polar surface area (TPSA) is 21.6 Å². The Balaban J connectivity index is 2.38. The molecule has 11 heavy (non-hydrogen) atoms. The van der Waals surface area contributed by atoms with Gasteiger partial charge in [0.1, 0.15) is 0 Å². The number of hydrogen-bond acceptors (Lipinski definition) is 3. The molecule has 0 N–H and O–H groups in total. The molecule has 0 aromatic rings. The van der Waals surface area contributed by atoms with Gasteiger partial charge >= 0.3 is 0 Å². The number of rotatable bonds is 2. The normalized spacial score (nSPS) is 27.2. The summed E-state index contributed by atoms with van der Waals surface area (Å²) in [7, 11) is 0. The lowest BCUT2D eigenvalue weighted by Crippen LogP contribution is -2.28. The fourth-order valence-corrected chi connectivity index (χ4v) is 1.48. The van der Waals surface area contributed by atoms with Gasteiger partial charge in [0, 0.05) is 6.61 Å². The van der Waals surface area contributed by atoms with Crippen LogP contribution >= 0.6 is 12.2 Å². The molecule has 62 valence electrons. The minimum atomic E-state index is 0.188. The minimum absolute atomic E-state index is 0.188. The first-order chi connectivity index (χ1) is 5.34. The van der Waals surface area contributed by atoms with Gasteiger partial charge in [0.05, 0.1) is 17.3 Å². The predicted molar refractivity (Wildman–Crippen MR) is 48.1 cm³/mol. The first kappa shape index (κ1) is 8.85. The average molecular weight is 171 g/mol. The van der Waals surface area contributed by atoms with E-state index in [2.05, 4.69) is 22.4 Å². The van der Waals surface area contributed by atoms with Gasteiger partial charge in [-0.1, -0.05) is 0 Å². The Morgan fingerprint density at radius 1 is 1.64 bits per heavy atom. The number of thiocarbonyl (C=S) groups is 1. The summed E-state index contributed by atoms with van der Waals surface area (Å²) in [5.41, 5.74) is 0. The summed E-state index contributed by atoms with van der Waals surface area (Å²) in [6.45, 7) is 2.90. The molecule has 2 atom stereocenters. The lowest BCUT2D eigenvalue weighted by atomic mass is 10.0. The minimum Gasteiger partial charge on any atom is -0.376 e. The summed E-state index contributed by atoms with van der Waals surface area (Å²) >= 11 is 4.53. The smallest absolute Gasteiger partial charge is 0.0836 e. The van der Waals surface area contributed by atoms with Crippen molar-refractivity contribution in [3.05, 3.63) is 0 Å². The summed E-state index contributed by atoms with van der Waals surface area (Å²) < 4.78 is 5.51. The van der Waals surface area contributed by atoms with E-state index in [1.54, 1.807) is 0 Å². The van der Waals surface area contributed by atoms with E-state index in [4.69, 9.17) is 4.74 Å². The summed E-state index contributed by atoms with van der Waals surface area (Å²) in [6.07, 6.45) is 3.83. The van der Waals surface area contributed by atoms with Crippen LogP contribution in [0.15, 0.2) is 4.99 Å². The van der Waals surface area contributed by atoms with Crippen molar-refractivity contribution >= 4 is 17.4 Å². The zero-order valence-electron chi connectivity index (χ0n) is 6.75. The van der Waals surface area contributed by atoms with Crippen LogP contribution in [0.5, 0.6) is 0 Å². The van der Waals surface area contributed by atoms with Crippen LogP contribution in [-0.2, 0) is 4.74 Å². The first-order valence-corrected chi connectivity index (χ1v) is 4.44. The maximum absolute atomic E-state index is 5.51. The lowest BCUT2D eigenvalue weighted by molar-refractivity contribution is 0.00469. The van der Waals surface area contributed by atoms with Crippen LogP contribution in [-0.4, -0.2) is 23.9 Å². The van der Waals surface area contributed by atoms with E-state index in [0.29, 0.717) is 0 Å². The highest BCUT2D eigenvalue weighted by Gasteiger charge is 2.19. The molecule has 0 aromatic heterocycles. The van der Waals surface area contributed by atoms with Gasteiger partial charge in [-0.05, 0) is 38.4 Å². The predicted octanol–water partition coefficient (Wildman–Crippen LogP) is 2.05. The Labute approximate surface area is 72.7 Å². The Bertz CT molecular complexity index is 159. The second-order valence-electron chi connectivity index (χ2n) is 2.87. The first-order valence-electron chi connectivity index (χ1n) is 4.03. The van der Waals surface area contributed by atoms with Crippen molar-refractivity contribution in [3.63, 3.8) is 0 Å². The largest absolute Gasteiger partial charge is 0.376 e. The molecule has 1 unspecified atom stereocenters. The highest BCUT2D eigenvalue weighted by atomic mass is 32.1. The third-order valence-corrected chi connectivity index (χ3v) is 2.11. The van der Waals surface area contributed by atoms with Crippen molar-refractivity contribution < 1.29 is 4.74 Å². The molecule has 0 spiro atoms. The standard InChI is InChI=1S/C8H13NOS/c1-7(9-6-11)8-4-2-3-5-10-8/h7-8H,2-5H2,1H3/t7?,8-/m0/s1. The van der Waals surface area contributed by atoms with Crippen LogP contribution in [0.2, 0.25) is 0 Å². The van der Waals surface area contributed by atoms with Crippen LogP contribution in [0.4, 0.5) is 0 Å². The number of nitrogens with zero attached hydrogens (tertiary/aromatic N) is 1. The number of hydrogen-bond donors (Lipinski definition) is 0. The highest BCUT2D eigenvalue weighted by molar-refractivity contribution is 7.78. The Morgan fingerprint density at radius 2 is 2.45 bits per heavy atom. The molecule has 0 aliphatic carbocycles. The van der Waals surface area contributed by atoms with Crippen LogP contribution in [0.1, 0.15) is 26.2 Å². The highest BCUT2D eigenvalue weighted by Crippen LogP contribution is 2.16. The Kier molecular flexibility index (Phi) is 3.70. The van der Waals surface area contributed by atoms with Crippen LogP contribution in [0.3, 0.4) is 0 Å². The second-order valence-corrected chi connectivity index (χ2v) is 3.05. The SMILES string of the molecule is CC(N=C=S)[C@@H]1CCCCO1. The second kappa shape index (κ2) is 4.60. The average Bonchev–Trinajstić information content (AvgIpc) is 2.07. The van der Waals surface area contributed by atoms with Gasteiger partial charge in [-0.15, -0.1) is 0 Å². The van der Waals surface area contributed by atoms with Crippen LogP contribution < -0.4 is 0 Å². The molecule has 3 heteroatoms. The van der Waals surface area contributed by atoms with E-state index in [1.165, 1.54) is 12.8 Å². The number of isothiocyanates is 1. The zero-order chi connectivity index (χ0) is 8.10. The Morgan fingerprint density at radius 3 is 3.00 bits per heavy atom. The molecule has 0 bridgehead atoms. The van der Waals surface area contributed by atoms with E-state index in [1.807, 2.05) is 6.92 Å². The molecule has 1 fully saturated rings. The van der Waals surface area contributed by atoms with E-state index in [0.717, 1.165) is 13.0 Å². The molecule has 1 aliphatic rings. The molecular formula is C8H13NOS. The lowest BCUT2D eigenvalue weighted by Gasteiger charge is -2.24. The molecular weight excluding hydrogens is 158 g/mol. The summed E-state index contributed by atoms with van der Waals surface area (Å²) in [6, 6.07) is 0.188. The van der Waals surface area contributed by atoms with Crippen molar-refractivity contribution in [3.8, 4) is 0 Å². The molecule has 0 saturated carbocycles.